The SMILES string of the molecule is C=CC(CCCC)Cc1cc(-c2c(F)c(F)c(-c3cc(CC(CC)CCCC)c(C)s3)c3nsnc23)sc1-c1sc(-c2c(OCCCCCCCCCCCC)c(OCCCCCCCCCCCC)c(-c3sc(C)c(F)c3F)c3nsnc23)c(F)c1F. The van der Waals surface area contributed by atoms with Gasteiger partial charge in [-0.3, -0.25) is 0 Å². The van der Waals surface area contributed by atoms with E-state index >= 15 is 26.3 Å². The van der Waals surface area contributed by atoms with E-state index in [2.05, 4.69) is 54.3 Å². The van der Waals surface area contributed by atoms with Gasteiger partial charge in [0.2, 0.25) is 0 Å². The number of unbranched alkanes of at least 4 members (excludes halogenated alkanes) is 20. The van der Waals surface area contributed by atoms with Crippen LogP contribution in [0.25, 0.3) is 73.6 Å². The van der Waals surface area contributed by atoms with E-state index in [-0.39, 0.29) is 94.5 Å². The maximum Gasteiger partial charge on any atom is 0.178 e. The summed E-state index contributed by atoms with van der Waals surface area (Å²) in [5, 5.41) is 0. The molecule has 2 aromatic carbocycles. The zero-order valence-electron chi connectivity index (χ0n) is 52.8. The molecular formula is C70H90F6N4O2S6. The van der Waals surface area contributed by atoms with E-state index in [1.807, 2.05) is 19.1 Å². The summed E-state index contributed by atoms with van der Waals surface area (Å²) in [6, 6.07) is 3.74. The summed E-state index contributed by atoms with van der Waals surface area (Å²) in [5.41, 5.74) is 2.67. The van der Waals surface area contributed by atoms with Gasteiger partial charge < -0.3 is 9.47 Å². The van der Waals surface area contributed by atoms with Crippen molar-refractivity contribution in [2.45, 2.75) is 235 Å². The molecule has 0 spiro atoms. The number of fused-ring (bicyclic) bond motifs is 2. The second-order valence-corrected chi connectivity index (χ2v) is 29.5. The first-order chi connectivity index (χ1) is 42.8. The van der Waals surface area contributed by atoms with Gasteiger partial charge in [0.05, 0.1) is 78.4 Å². The third-order valence-electron chi connectivity index (χ3n) is 17.2. The minimum atomic E-state index is -1.17. The smallest absolute Gasteiger partial charge is 0.178 e. The molecule has 0 bridgehead atoms. The first-order valence-electron chi connectivity index (χ1n) is 32.8. The standard InChI is InChI=1S/C70H90F6N4O2S6/c1-9-15-19-21-23-25-27-29-31-33-37-81-65-53(68-58(74)55(71)44(8)84-68)63-64(80-88-79-63)54(66(65)82-38-34-32-30-28-26-24-22-20-16-10-2)69-59(75)60(76)70(86-69)67-48(40-46(14-6)36-18-12-4)42-50(85-67)52-57(73)56(72)51(61-62(52)78-87-77-61)49-41-47(43(7)83-49)39-45(13-5)35-17-11-3/h14,41-42,45-46H,6,9-13,15-40H2,1-5,7-8H3. The van der Waals surface area contributed by atoms with Crippen LogP contribution in [0.4, 0.5) is 26.3 Å². The van der Waals surface area contributed by atoms with Crippen LogP contribution >= 0.6 is 68.8 Å². The van der Waals surface area contributed by atoms with Gasteiger partial charge in [-0.15, -0.1) is 51.9 Å². The van der Waals surface area contributed by atoms with Crippen LogP contribution < -0.4 is 9.47 Å². The van der Waals surface area contributed by atoms with Crippen LogP contribution in [-0.4, -0.2) is 30.7 Å². The number of thiophene rings is 4. The molecule has 88 heavy (non-hydrogen) atoms. The molecule has 0 radical (unpaired) electrons. The number of hydrogen-bond donors (Lipinski definition) is 0. The van der Waals surface area contributed by atoms with E-state index in [9.17, 15) is 0 Å². The van der Waals surface area contributed by atoms with Gasteiger partial charge in [-0.25, -0.2) is 26.3 Å². The normalized spacial score (nSPS) is 12.6. The fourth-order valence-electron chi connectivity index (χ4n) is 12.0. The summed E-state index contributed by atoms with van der Waals surface area (Å²) in [6.07, 6.45) is 31.8. The summed E-state index contributed by atoms with van der Waals surface area (Å²) in [7, 11) is 0. The van der Waals surface area contributed by atoms with Crippen LogP contribution in [0.5, 0.6) is 11.5 Å². The van der Waals surface area contributed by atoms with E-state index in [0.717, 1.165) is 171 Å². The van der Waals surface area contributed by atoms with Crippen molar-refractivity contribution in [2.24, 2.45) is 11.8 Å². The summed E-state index contributed by atoms with van der Waals surface area (Å²) in [4.78, 5) is 2.16. The van der Waals surface area contributed by atoms with Crippen LogP contribution in [0.2, 0.25) is 0 Å². The molecule has 6 heterocycles. The Morgan fingerprint density at radius 2 is 0.841 bits per heavy atom. The number of aryl methyl sites for hydroxylation is 2. The third kappa shape index (κ3) is 16.9. The van der Waals surface area contributed by atoms with Gasteiger partial charge in [0.1, 0.15) is 22.1 Å². The molecule has 0 aliphatic rings. The fraction of sp³-hybridized carbons (Fsp3) is 0.571. The Bertz CT molecular complexity index is 3500. The second-order valence-electron chi connectivity index (χ2n) is 23.9. The van der Waals surface area contributed by atoms with Crippen LogP contribution in [-0.2, 0) is 12.8 Å². The highest BCUT2D eigenvalue weighted by Gasteiger charge is 2.36. The third-order valence-corrected chi connectivity index (χ3v) is 23.0. The Hall–Kier alpha value is -4.20. The number of hydrogen-bond acceptors (Lipinski definition) is 12. The highest BCUT2D eigenvalue weighted by molar-refractivity contribution is 7.25. The molecule has 6 aromatic heterocycles. The zero-order chi connectivity index (χ0) is 62.7. The van der Waals surface area contributed by atoms with E-state index in [1.165, 1.54) is 82.5 Å². The quantitative estimate of drug-likeness (QED) is 0.0216. The lowest BCUT2D eigenvalue weighted by atomic mass is 9.92. The van der Waals surface area contributed by atoms with Gasteiger partial charge in [0, 0.05) is 19.5 Å². The number of nitrogens with zero attached hydrogens (tertiary/aromatic N) is 4. The number of allylic oxidation sites excluding steroid dienone is 1. The molecule has 480 valence electrons. The van der Waals surface area contributed by atoms with Crippen molar-refractivity contribution in [1.29, 1.82) is 0 Å². The molecule has 8 rings (SSSR count). The summed E-state index contributed by atoms with van der Waals surface area (Å²) in [5.74, 6) is -5.96. The lowest BCUT2D eigenvalue weighted by molar-refractivity contribution is 0.260. The monoisotopic (exact) mass is 1320 g/mol. The predicted octanol–water partition coefficient (Wildman–Crippen LogP) is 25.6. The van der Waals surface area contributed by atoms with Crippen molar-refractivity contribution in [3.8, 4) is 63.0 Å². The first kappa shape index (κ1) is 69.7. The molecule has 0 aliphatic carbocycles. The summed E-state index contributed by atoms with van der Waals surface area (Å²) >= 11 is 5.97. The summed E-state index contributed by atoms with van der Waals surface area (Å²) < 4.78 is 134. The lowest BCUT2D eigenvalue weighted by Gasteiger charge is -2.20. The van der Waals surface area contributed by atoms with Gasteiger partial charge in [0.25, 0.3) is 0 Å². The van der Waals surface area contributed by atoms with Gasteiger partial charge in [0.15, 0.2) is 46.4 Å². The van der Waals surface area contributed by atoms with Crippen molar-refractivity contribution in [3.05, 3.63) is 80.6 Å². The highest BCUT2D eigenvalue weighted by Crippen LogP contribution is 2.57. The molecule has 0 aliphatic heterocycles. The number of ether oxygens (including phenoxy) is 2. The van der Waals surface area contributed by atoms with Gasteiger partial charge in [-0.2, -0.15) is 17.5 Å². The maximum atomic E-state index is 17.8. The van der Waals surface area contributed by atoms with E-state index in [4.69, 9.17) is 13.8 Å². The maximum absolute atomic E-state index is 17.8. The summed E-state index contributed by atoms with van der Waals surface area (Å²) in [6.45, 7) is 19.0. The molecule has 0 saturated carbocycles. The van der Waals surface area contributed by atoms with Crippen LogP contribution in [0.15, 0.2) is 24.8 Å². The predicted molar refractivity (Wildman–Crippen MR) is 365 cm³/mol. The molecule has 0 amide bonds. The lowest BCUT2D eigenvalue weighted by Crippen LogP contribution is -2.07. The van der Waals surface area contributed by atoms with Crippen LogP contribution in [0, 0.1) is 60.6 Å². The Morgan fingerprint density at radius 3 is 1.31 bits per heavy atom. The van der Waals surface area contributed by atoms with Gasteiger partial charge >= 0.3 is 0 Å². The Labute approximate surface area is 543 Å². The molecule has 2 atom stereocenters. The average Bonchev–Trinajstić information content (AvgIpc) is 1.76. The van der Waals surface area contributed by atoms with Crippen molar-refractivity contribution in [1.82, 2.24) is 17.5 Å². The molecule has 8 aromatic rings. The van der Waals surface area contributed by atoms with Crippen LogP contribution in [0.1, 0.15) is 229 Å². The van der Waals surface area contributed by atoms with Crippen LogP contribution in [0.3, 0.4) is 0 Å². The second kappa shape index (κ2) is 35.0. The molecule has 0 N–H and O–H groups in total. The minimum Gasteiger partial charge on any atom is -0.489 e. The van der Waals surface area contributed by atoms with Crippen molar-refractivity contribution >= 4 is 90.9 Å². The van der Waals surface area contributed by atoms with Crippen molar-refractivity contribution in [3.63, 3.8) is 0 Å². The fourth-order valence-corrected chi connectivity index (χ4v) is 17.6. The van der Waals surface area contributed by atoms with Gasteiger partial charge in [-0.1, -0.05) is 195 Å². The van der Waals surface area contributed by atoms with E-state index in [0.29, 0.717) is 45.4 Å². The highest BCUT2D eigenvalue weighted by atomic mass is 32.1. The number of halogens is 6. The largest absolute Gasteiger partial charge is 0.489 e. The molecule has 0 fully saturated rings. The first-order valence-corrected chi connectivity index (χ1v) is 37.5. The van der Waals surface area contributed by atoms with Gasteiger partial charge in [-0.05, 0) is 81.0 Å². The Morgan fingerprint density at radius 1 is 0.420 bits per heavy atom. The number of benzene rings is 2. The van der Waals surface area contributed by atoms with E-state index < -0.39 is 34.9 Å². The molecular weight excluding hydrogens is 1240 g/mol. The van der Waals surface area contributed by atoms with Crippen molar-refractivity contribution in [2.75, 3.05) is 13.2 Å². The molecule has 18 heteroatoms. The topological polar surface area (TPSA) is 70.0 Å². The Kier molecular flexibility index (Phi) is 27.7. The number of rotatable bonds is 41. The molecule has 0 saturated heterocycles. The molecule has 6 nitrogen and oxygen atoms in total. The van der Waals surface area contributed by atoms with E-state index in [1.54, 1.807) is 6.07 Å². The average molecular weight is 1330 g/mol. The Balaban J connectivity index is 1.23. The zero-order valence-corrected chi connectivity index (χ0v) is 57.7. The molecule has 2 unspecified atom stereocenters. The number of aromatic nitrogens is 4. The minimum absolute atomic E-state index is 0.0467. The van der Waals surface area contributed by atoms with Crippen molar-refractivity contribution < 1.29 is 35.8 Å².